The number of nitrogens with zero attached hydrogens (tertiary/aromatic N) is 1. The minimum Gasteiger partial charge on any atom is -0.478 e. The van der Waals surface area contributed by atoms with Crippen molar-refractivity contribution < 1.29 is 14.7 Å². The molecule has 0 saturated heterocycles. The van der Waals surface area contributed by atoms with Gasteiger partial charge in [-0.3, -0.25) is 4.79 Å². The predicted octanol–water partition coefficient (Wildman–Crippen LogP) is 3.41. The van der Waals surface area contributed by atoms with Gasteiger partial charge in [-0.15, -0.1) is 0 Å². The topological polar surface area (TPSA) is 79.3 Å². The van der Waals surface area contributed by atoms with E-state index in [4.69, 9.17) is 0 Å². The number of aromatic nitrogens is 1. The number of hydrogen-bond acceptors (Lipinski definition) is 3. The Balaban J connectivity index is 2.37. The van der Waals surface area contributed by atoms with Crippen molar-refractivity contribution in [3.05, 3.63) is 57.3 Å². The molecule has 0 aliphatic carbocycles. The highest BCUT2D eigenvalue weighted by Gasteiger charge is 2.16. The van der Waals surface area contributed by atoms with E-state index in [-0.39, 0.29) is 5.56 Å². The van der Waals surface area contributed by atoms with Crippen molar-refractivity contribution >= 4 is 33.5 Å². The number of carboxylic acids is 1. The van der Waals surface area contributed by atoms with E-state index in [0.29, 0.717) is 21.4 Å². The van der Waals surface area contributed by atoms with Crippen LogP contribution in [0, 0.1) is 13.8 Å². The molecule has 0 unspecified atom stereocenters. The van der Waals surface area contributed by atoms with Gasteiger partial charge in [0.1, 0.15) is 4.60 Å². The van der Waals surface area contributed by atoms with Gasteiger partial charge in [-0.25, -0.2) is 9.78 Å². The quantitative estimate of drug-likeness (QED) is 0.833. The van der Waals surface area contributed by atoms with Crippen LogP contribution in [0.1, 0.15) is 31.8 Å². The van der Waals surface area contributed by atoms with E-state index >= 15 is 0 Å². The maximum Gasteiger partial charge on any atom is 0.337 e. The van der Waals surface area contributed by atoms with Crippen LogP contribution in [0.5, 0.6) is 0 Å². The normalized spacial score (nSPS) is 10.2. The largest absolute Gasteiger partial charge is 0.478 e. The fourth-order valence-electron chi connectivity index (χ4n) is 2.00. The van der Waals surface area contributed by atoms with Crippen LogP contribution in [0.4, 0.5) is 5.69 Å². The molecule has 0 bridgehead atoms. The zero-order valence-corrected chi connectivity index (χ0v) is 13.1. The molecule has 1 heterocycles. The zero-order chi connectivity index (χ0) is 15.6. The summed E-state index contributed by atoms with van der Waals surface area (Å²) in [5.74, 6) is -1.48. The van der Waals surface area contributed by atoms with E-state index in [1.807, 2.05) is 13.0 Å². The number of carboxylic acid groups (broad SMARTS) is 1. The molecule has 5 nitrogen and oxygen atoms in total. The summed E-state index contributed by atoms with van der Waals surface area (Å²) in [6.07, 6.45) is 1.42. The number of nitrogens with one attached hydrogen (secondary N) is 1. The number of hydrogen-bond donors (Lipinski definition) is 2. The molecule has 0 saturated carbocycles. The number of pyridine rings is 1. The maximum absolute atomic E-state index is 12.2. The molecule has 108 valence electrons. The highest BCUT2D eigenvalue weighted by Crippen LogP contribution is 2.23. The van der Waals surface area contributed by atoms with Crippen molar-refractivity contribution in [1.29, 1.82) is 0 Å². The Kier molecular flexibility index (Phi) is 4.37. The van der Waals surface area contributed by atoms with E-state index in [0.717, 1.165) is 5.56 Å². The molecule has 1 amide bonds. The third-order valence-corrected chi connectivity index (χ3v) is 3.41. The first-order valence-electron chi connectivity index (χ1n) is 6.16. The van der Waals surface area contributed by atoms with Crippen molar-refractivity contribution in [1.82, 2.24) is 4.98 Å². The van der Waals surface area contributed by atoms with Gasteiger partial charge < -0.3 is 10.4 Å². The monoisotopic (exact) mass is 348 g/mol. The number of rotatable bonds is 3. The minimum absolute atomic E-state index is 0.0749. The number of carbonyl (C=O) groups is 2. The molecule has 1 aromatic heterocycles. The van der Waals surface area contributed by atoms with Crippen molar-refractivity contribution in [2.45, 2.75) is 13.8 Å². The van der Waals surface area contributed by atoms with Crippen LogP contribution in [0.3, 0.4) is 0 Å². The molecule has 0 aliphatic rings. The Labute approximate surface area is 130 Å². The zero-order valence-electron chi connectivity index (χ0n) is 11.5. The fraction of sp³-hybridized carbons (Fsp3) is 0.133. The Morgan fingerprint density at radius 3 is 2.52 bits per heavy atom. The van der Waals surface area contributed by atoms with E-state index in [9.17, 15) is 14.7 Å². The lowest BCUT2D eigenvalue weighted by Crippen LogP contribution is -2.16. The third kappa shape index (κ3) is 3.46. The second kappa shape index (κ2) is 6.05. The molecule has 0 spiro atoms. The Bertz CT molecular complexity index is 712. The van der Waals surface area contributed by atoms with Crippen LogP contribution in [-0.4, -0.2) is 22.0 Å². The summed E-state index contributed by atoms with van der Waals surface area (Å²) in [7, 11) is 0. The highest BCUT2D eigenvalue weighted by atomic mass is 79.9. The van der Waals surface area contributed by atoms with Crippen LogP contribution in [0.25, 0.3) is 0 Å². The molecule has 21 heavy (non-hydrogen) atoms. The average Bonchev–Trinajstić information content (AvgIpc) is 2.41. The van der Waals surface area contributed by atoms with E-state index in [1.165, 1.54) is 12.3 Å². The molecule has 2 N–H and O–H groups in total. The van der Waals surface area contributed by atoms with Gasteiger partial charge in [-0.2, -0.15) is 0 Å². The van der Waals surface area contributed by atoms with E-state index in [2.05, 4.69) is 26.2 Å². The number of anilines is 1. The smallest absolute Gasteiger partial charge is 0.337 e. The first-order valence-corrected chi connectivity index (χ1v) is 6.95. The molecule has 0 fully saturated rings. The lowest BCUT2D eigenvalue weighted by atomic mass is 10.0. The molecule has 0 atom stereocenters. The lowest BCUT2D eigenvalue weighted by molar-refractivity contribution is 0.0698. The molecule has 1 aromatic carbocycles. The SMILES string of the molecule is Cc1cc(C)c(NC(=O)c2ccc(Br)nc2)c(C(=O)O)c1. The van der Waals surface area contributed by atoms with E-state index in [1.54, 1.807) is 19.1 Å². The summed E-state index contributed by atoms with van der Waals surface area (Å²) < 4.78 is 0.622. The Morgan fingerprint density at radius 2 is 1.95 bits per heavy atom. The van der Waals surface area contributed by atoms with Gasteiger partial charge in [0.25, 0.3) is 5.91 Å². The van der Waals surface area contributed by atoms with Gasteiger partial charge in [-0.1, -0.05) is 6.07 Å². The van der Waals surface area contributed by atoms with Crippen LogP contribution in [-0.2, 0) is 0 Å². The molecule has 2 aromatic rings. The summed E-state index contributed by atoms with van der Waals surface area (Å²) in [6, 6.07) is 6.61. The summed E-state index contributed by atoms with van der Waals surface area (Å²) in [4.78, 5) is 27.5. The van der Waals surface area contributed by atoms with Gasteiger partial charge in [0.2, 0.25) is 0 Å². The van der Waals surface area contributed by atoms with Crippen LogP contribution in [0.15, 0.2) is 35.1 Å². The van der Waals surface area contributed by atoms with Gasteiger partial charge >= 0.3 is 5.97 Å². The standard InChI is InChI=1S/C15H13BrN2O3/c1-8-5-9(2)13(11(6-8)15(20)21)18-14(19)10-3-4-12(16)17-7-10/h3-7H,1-2H3,(H,18,19)(H,20,21). The van der Waals surface area contributed by atoms with Gasteiger partial charge in [-0.05, 0) is 59.1 Å². The van der Waals surface area contributed by atoms with Crippen LogP contribution >= 0.6 is 15.9 Å². The van der Waals surface area contributed by atoms with Crippen molar-refractivity contribution in [3.63, 3.8) is 0 Å². The predicted molar refractivity (Wildman–Crippen MR) is 82.8 cm³/mol. The second-order valence-electron chi connectivity index (χ2n) is 4.63. The first-order chi connectivity index (χ1) is 9.88. The molecule has 2 rings (SSSR count). The molecular weight excluding hydrogens is 336 g/mol. The van der Waals surface area contributed by atoms with Gasteiger partial charge in [0.15, 0.2) is 0 Å². The van der Waals surface area contributed by atoms with E-state index < -0.39 is 11.9 Å². The van der Waals surface area contributed by atoms with Crippen molar-refractivity contribution in [2.75, 3.05) is 5.32 Å². The summed E-state index contributed by atoms with van der Waals surface area (Å²) in [5, 5.41) is 11.9. The lowest BCUT2D eigenvalue weighted by Gasteiger charge is -2.12. The molecular formula is C15H13BrN2O3. The minimum atomic E-state index is -1.08. The Hall–Kier alpha value is -2.21. The average molecular weight is 349 g/mol. The fourth-order valence-corrected chi connectivity index (χ4v) is 2.23. The number of aryl methyl sites for hydroxylation is 2. The Morgan fingerprint density at radius 1 is 1.24 bits per heavy atom. The third-order valence-electron chi connectivity index (χ3n) is 2.94. The van der Waals surface area contributed by atoms with Gasteiger partial charge in [0.05, 0.1) is 16.8 Å². The second-order valence-corrected chi connectivity index (χ2v) is 5.45. The summed E-state index contributed by atoms with van der Waals surface area (Å²) >= 11 is 3.19. The summed E-state index contributed by atoms with van der Waals surface area (Å²) in [5.41, 5.74) is 2.26. The molecule has 6 heteroatoms. The number of benzene rings is 1. The molecule has 0 aliphatic heterocycles. The number of halogens is 1. The first kappa shape index (κ1) is 15.2. The van der Waals surface area contributed by atoms with Crippen LogP contribution < -0.4 is 5.32 Å². The number of carbonyl (C=O) groups excluding carboxylic acids is 1. The number of amides is 1. The van der Waals surface area contributed by atoms with Crippen molar-refractivity contribution in [3.8, 4) is 0 Å². The van der Waals surface area contributed by atoms with Gasteiger partial charge in [0, 0.05) is 6.20 Å². The molecule has 0 radical (unpaired) electrons. The van der Waals surface area contributed by atoms with Crippen molar-refractivity contribution in [2.24, 2.45) is 0 Å². The highest BCUT2D eigenvalue weighted by molar-refractivity contribution is 9.10. The summed E-state index contributed by atoms with van der Waals surface area (Å²) in [6.45, 7) is 3.57. The maximum atomic E-state index is 12.2. The van der Waals surface area contributed by atoms with Crippen LogP contribution in [0.2, 0.25) is 0 Å². The number of aromatic carboxylic acids is 1.